The summed E-state index contributed by atoms with van der Waals surface area (Å²) in [7, 11) is 0. The van der Waals surface area contributed by atoms with E-state index in [-0.39, 0.29) is 0 Å². The van der Waals surface area contributed by atoms with E-state index < -0.39 is 0 Å². The first-order valence-electron chi connectivity index (χ1n) is 7.45. The smallest absolute Gasteiger partial charge is 0.125 e. The van der Waals surface area contributed by atoms with Crippen LogP contribution >= 0.6 is 0 Å². The zero-order valence-corrected chi connectivity index (χ0v) is 12.0. The molecule has 4 heteroatoms. The van der Waals surface area contributed by atoms with Gasteiger partial charge in [0.05, 0.1) is 11.7 Å². The van der Waals surface area contributed by atoms with Crippen LogP contribution < -0.4 is 11.1 Å². The minimum absolute atomic E-state index is 0.296. The summed E-state index contributed by atoms with van der Waals surface area (Å²) in [5.74, 6) is 1.13. The van der Waals surface area contributed by atoms with Gasteiger partial charge in [-0.15, -0.1) is 0 Å². The highest BCUT2D eigenvalue weighted by atomic mass is 15.4. The van der Waals surface area contributed by atoms with Crippen LogP contribution in [-0.4, -0.2) is 16.3 Å². The Morgan fingerprint density at radius 2 is 2.30 bits per heavy atom. The van der Waals surface area contributed by atoms with Crippen molar-refractivity contribution in [3.63, 3.8) is 0 Å². The highest BCUT2D eigenvalue weighted by Gasteiger charge is 2.23. The van der Waals surface area contributed by atoms with Crippen LogP contribution in [0.2, 0.25) is 0 Å². The van der Waals surface area contributed by atoms with Gasteiger partial charge in [-0.2, -0.15) is 5.10 Å². The fourth-order valence-corrected chi connectivity index (χ4v) is 2.83. The predicted molar refractivity (Wildman–Crippen MR) is 82.9 cm³/mol. The second-order valence-corrected chi connectivity index (χ2v) is 5.47. The molecule has 0 radical (unpaired) electrons. The highest BCUT2D eigenvalue weighted by molar-refractivity contribution is 5.45. The van der Waals surface area contributed by atoms with Crippen LogP contribution in [-0.2, 0) is 6.42 Å². The second-order valence-electron chi connectivity index (χ2n) is 5.47. The number of hydrogen-bond donors (Lipinski definition) is 2. The topological polar surface area (TPSA) is 55.9 Å². The number of hydrogen-bond acceptors (Lipinski definition) is 3. The molecule has 0 spiro atoms. The van der Waals surface area contributed by atoms with Gasteiger partial charge in [0.25, 0.3) is 0 Å². The molecule has 20 heavy (non-hydrogen) atoms. The third kappa shape index (κ3) is 2.50. The number of nitrogens with zero attached hydrogens (tertiary/aromatic N) is 2. The predicted octanol–water partition coefficient (Wildman–Crippen LogP) is 3.21. The molecule has 0 fully saturated rings. The lowest BCUT2D eigenvalue weighted by Gasteiger charge is -2.26. The number of aromatic nitrogens is 2. The van der Waals surface area contributed by atoms with E-state index in [4.69, 9.17) is 10.8 Å². The Bertz CT molecular complexity index is 588. The van der Waals surface area contributed by atoms with Gasteiger partial charge >= 0.3 is 0 Å². The molecule has 0 saturated heterocycles. The molecular formula is C16H22N4. The molecule has 2 aromatic rings. The summed E-state index contributed by atoms with van der Waals surface area (Å²) in [4.78, 5) is 0. The Morgan fingerprint density at radius 1 is 1.40 bits per heavy atom. The van der Waals surface area contributed by atoms with E-state index in [0.29, 0.717) is 6.04 Å². The first-order valence-corrected chi connectivity index (χ1v) is 7.45. The van der Waals surface area contributed by atoms with Gasteiger partial charge in [0, 0.05) is 18.3 Å². The highest BCUT2D eigenvalue weighted by Crippen LogP contribution is 2.30. The summed E-state index contributed by atoms with van der Waals surface area (Å²) in [5.41, 5.74) is 9.16. The maximum absolute atomic E-state index is 5.91. The molecule has 1 aliphatic heterocycles. The molecule has 4 nitrogen and oxygen atoms in total. The van der Waals surface area contributed by atoms with Gasteiger partial charge in [0.2, 0.25) is 0 Å². The van der Waals surface area contributed by atoms with E-state index in [0.717, 1.165) is 30.9 Å². The molecular weight excluding hydrogens is 248 g/mol. The fourth-order valence-electron chi connectivity index (χ4n) is 2.83. The fraction of sp³-hybridized carbons (Fsp3) is 0.438. The summed E-state index contributed by atoms with van der Waals surface area (Å²) in [6.07, 6.45) is 4.50. The summed E-state index contributed by atoms with van der Waals surface area (Å²) < 4.78 is 2.13. The molecule has 0 bridgehead atoms. The lowest BCUT2D eigenvalue weighted by molar-refractivity contribution is 0.477. The van der Waals surface area contributed by atoms with Gasteiger partial charge in [-0.1, -0.05) is 25.5 Å². The maximum Gasteiger partial charge on any atom is 0.125 e. The summed E-state index contributed by atoms with van der Waals surface area (Å²) in [5, 5.41) is 8.23. The summed E-state index contributed by atoms with van der Waals surface area (Å²) in [6.45, 7) is 3.20. The monoisotopic (exact) mass is 270 g/mol. The van der Waals surface area contributed by atoms with Crippen molar-refractivity contribution in [2.24, 2.45) is 0 Å². The average molecular weight is 270 g/mol. The van der Waals surface area contributed by atoms with Crippen LogP contribution in [0, 0.1) is 0 Å². The molecule has 1 aliphatic rings. The molecule has 106 valence electrons. The summed E-state index contributed by atoms with van der Waals surface area (Å²) >= 11 is 0. The standard InChI is InChI=1S/C16H22N4/c1-2-3-7-14-11-16-18-9-8-15(20(16)19-14)12-5-4-6-13(17)10-12/h4-6,10-11,15,18H,2-3,7-9,17H2,1H3. The van der Waals surface area contributed by atoms with E-state index in [1.807, 2.05) is 12.1 Å². The number of nitrogens with one attached hydrogen (secondary N) is 1. The Morgan fingerprint density at radius 3 is 3.10 bits per heavy atom. The molecule has 1 aromatic heterocycles. The van der Waals surface area contributed by atoms with Gasteiger partial charge in [-0.25, -0.2) is 4.68 Å². The van der Waals surface area contributed by atoms with Crippen LogP contribution in [0.1, 0.15) is 43.5 Å². The maximum atomic E-state index is 5.91. The van der Waals surface area contributed by atoms with Crippen LogP contribution in [0.15, 0.2) is 30.3 Å². The number of unbranched alkanes of at least 4 members (excludes halogenated alkanes) is 1. The van der Waals surface area contributed by atoms with Crippen molar-refractivity contribution in [1.29, 1.82) is 0 Å². The number of fused-ring (bicyclic) bond motifs is 1. The average Bonchev–Trinajstić information content (AvgIpc) is 2.87. The number of rotatable bonds is 4. The molecule has 3 rings (SSSR count). The third-order valence-corrected chi connectivity index (χ3v) is 3.89. The SMILES string of the molecule is CCCCc1cc2n(n1)C(c1cccc(N)c1)CCN2. The van der Waals surface area contributed by atoms with E-state index in [1.165, 1.54) is 24.1 Å². The number of nitrogens with two attached hydrogens (primary N) is 1. The van der Waals surface area contributed by atoms with E-state index in [2.05, 4.69) is 35.1 Å². The van der Waals surface area contributed by atoms with Crippen molar-refractivity contribution in [3.8, 4) is 0 Å². The molecule has 1 unspecified atom stereocenters. The van der Waals surface area contributed by atoms with Gasteiger partial charge in [-0.05, 0) is 37.0 Å². The number of nitrogen functional groups attached to an aromatic ring is 1. The zero-order valence-electron chi connectivity index (χ0n) is 12.0. The Labute approximate surface area is 120 Å². The number of aryl methyl sites for hydroxylation is 1. The first kappa shape index (κ1) is 13.0. The molecule has 3 N–H and O–H groups in total. The van der Waals surface area contributed by atoms with Crippen molar-refractivity contribution < 1.29 is 0 Å². The first-order chi connectivity index (χ1) is 9.78. The van der Waals surface area contributed by atoms with Gasteiger partial charge in [0.15, 0.2) is 0 Å². The molecule has 1 atom stereocenters. The normalized spacial score (nSPS) is 17.6. The van der Waals surface area contributed by atoms with Gasteiger partial charge < -0.3 is 11.1 Å². The zero-order chi connectivity index (χ0) is 13.9. The van der Waals surface area contributed by atoms with Gasteiger partial charge in [-0.3, -0.25) is 0 Å². The molecule has 1 aromatic carbocycles. The second kappa shape index (κ2) is 5.57. The van der Waals surface area contributed by atoms with Crippen molar-refractivity contribution in [1.82, 2.24) is 9.78 Å². The number of anilines is 2. The molecule has 0 saturated carbocycles. The van der Waals surface area contributed by atoms with Crippen molar-refractivity contribution in [3.05, 3.63) is 41.6 Å². The van der Waals surface area contributed by atoms with Crippen LogP contribution in [0.4, 0.5) is 11.5 Å². The largest absolute Gasteiger partial charge is 0.399 e. The Kier molecular flexibility index (Phi) is 3.63. The molecule has 0 aliphatic carbocycles. The van der Waals surface area contributed by atoms with E-state index in [9.17, 15) is 0 Å². The lowest BCUT2D eigenvalue weighted by Crippen LogP contribution is -2.24. The van der Waals surface area contributed by atoms with Crippen LogP contribution in [0.5, 0.6) is 0 Å². The van der Waals surface area contributed by atoms with Crippen molar-refractivity contribution in [2.75, 3.05) is 17.6 Å². The quantitative estimate of drug-likeness (QED) is 0.839. The number of benzene rings is 1. The van der Waals surface area contributed by atoms with Crippen molar-refractivity contribution in [2.45, 2.75) is 38.6 Å². The van der Waals surface area contributed by atoms with E-state index >= 15 is 0 Å². The summed E-state index contributed by atoms with van der Waals surface area (Å²) in [6, 6.07) is 10.6. The van der Waals surface area contributed by atoms with Gasteiger partial charge in [0.1, 0.15) is 5.82 Å². The Balaban J connectivity index is 1.91. The molecule has 0 amide bonds. The van der Waals surface area contributed by atoms with Crippen LogP contribution in [0.25, 0.3) is 0 Å². The van der Waals surface area contributed by atoms with E-state index in [1.54, 1.807) is 0 Å². The lowest BCUT2D eigenvalue weighted by atomic mass is 10.0. The minimum Gasteiger partial charge on any atom is -0.399 e. The van der Waals surface area contributed by atoms with Crippen molar-refractivity contribution >= 4 is 11.5 Å². The molecule has 2 heterocycles. The van der Waals surface area contributed by atoms with Crippen LogP contribution in [0.3, 0.4) is 0 Å². The Hall–Kier alpha value is -1.97. The minimum atomic E-state index is 0.296. The third-order valence-electron chi connectivity index (χ3n) is 3.89.